The van der Waals surface area contributed by atoms with Gasteiger partial charge in [-0.2, -0.15) is 0 Å². The summed E-state index contributed by atoms with van der Waals surface area (Å²) >= 11 is 0. The van der Waals surface area contributed by atoms with E-state index in [1.54, 1.807) is 11.1 Å². The summed E-state index contributed by atoms with van der Waals surface area (Å²) in [6, 6.07) is 13.8. The highest BCUT2D eigenvalue weighted by Gasteiger charge is 2.21. The van der Waals surface area contributed by atoms with Gasteiger partial charge in [-0.25, -0.2) is 4.79 Å². The van der Waals surface area contributed by atoms with Crippen LogP contribution in [0.4, 0.5) is 4.79 Å². The molecule has 0 radical (unpaired) electrons. The molecule has 1 aliphatic heterocycles. The normalized spacial score (nSPS) is 15.0. The molecule has 1 unspecified atom stereocenters. The number of pyridine rings is 1. The van der Waals surface area contributed by atoms with Gasteiger partial charge in [0.25, 0.3) is 0 Å². The summed E-state index contributed by atoms with van der Waals surface area (Å²) in [6.45, 7) is 2.49. The SMILES string of the molecule is CN(CCCCC(O)c1ccccc1-c1ccccn1)C(=O)N1CCCC1. The van der Waals surface area contributed by atoms with Gasteiger partial charge in [0.1, 0.15) is 0 Å². The van der Waals surface area contributed by atoms with E-state index >= 15 is 0 Å². The quantitative estimate of drug-likeness (QED) is 0.750. The van der Waals surface area contributed by atoms with Crippen LogP contribution in [0.5, 0.6) is 0 Å². The average molecular weight is 367 g/mol. The fraction of sp³-hybridized carbons (Fsp3) is 0.455. The highest BCUT2D eigenvalue weighted by atomic mass is 16.3. The number of aromatic nitrogens is 1. The minimum Gasteiger partial charge on any atom is -0.388 e. The number of hydrogen-bond donors (Lipinski definition) is 1. The number of hydrogen-bond acceptors (Lipinski definition) is 3. The minimum atomic E-state index is -0.525. The van der Waals surface area contributed by atoms with E-state index in [1.807, 2.05) is 54.4 Å². The molecule has 2 aromatic rings. The number of nitrogens with zero attached hydrogens (tertiary/aromatic N) is 3. The van der Waals surface area contributed by atoms with Crippen LogP contribution in [0, 0.1) is 0 Å². The fourth-order valence-electron chi connectivity index (χ4n) is 3.63. The highest BCUT2D eigenvalue weighted by molar-refractivity contribution is 5.74. The second kappa shape index (κ2) is 9.51. The first kappa shape index (κ1) is 19.4. The molecule has 0 spiro atoms. The first-order valence-electron chi connectivity index (χ1n) is 9.85. The molecule has 1 N–H and O–H groups in total. The molecule has 2 heterocycles. The number of urea groups is 1. The molecule has 1 aromatic carbocycles. The van der Waals surface area contributed by atoms with E-state index in [-0.39, 0.29) is 6.03 Å². The third kappa shape index (κ3) is 5.07. The lowest BCUT2D eigenvalue weighted by Crippen LogP contribution is -2.39. The number of unbranched alkanes of at least 4 members (excludes halogenated alkanes) is 1. The Kier molecular flexibility index (Phi) is 6.82. The molecular formula is C22H29N3O2. The molecule has 0 bridgehead atoms. The molecule has 1 saturated heterocycles. The zero-order valence-corrected chi connectivity index (χ0v) is 16.1. The Bertz CT molecular complexity index is 729. The Morgan fingerprint density at radius 1 is 1.15 bits per heavy atom. The van der Waals surface area contributed by atoms with Crippen molar-refractivity contribution in [3.05, 3.63) is 54.2 Å². The number of amides is 2. The van der Waals surface area contributed by atoms with E-state index in [0.29, 0.717) is 6.42 Å². The maximum absolute atomic E-state index is 12.3. The van der Waals surface area contributed by atoms with Crippen molar-refractivity contribution in [2.24, 2.45) is 0 Å². The molecule has 0 saturated carbocycles. The van der Waals surface area contributed by atoms with E-state index in [1.165, 1.54) is 0 Å². The third-order valence-electron chi connectivity index (χ3n) is 5.18. The Labute approximate surface area is 161 Å². The van der Waals surface area contributed by atoms with Gasteiger partial charge in [0, 0.05) is 38.4 Å². The number of likely N-dealkylation sites (tertiary alicyclic amines) is 1. The summed E-state index contributed by atoms with van der Waals surface area (Å²) in [5, 5.41) is 10.7. The van der Waals surface area contributed by atoms with E-state index < -0.39 is 6.10 Å². The standard InChI is InChI=1S/C22H29N3O2/c1-24(22(27)25-16-8-9-17-25)15-7-5-13-21(26)19-11-3-2-10-18(19)20-12-4-6-14-23-20/h2-4,6,10-12,14,21,26H,5,7-9,13,15-17H2,1H3. The van der Waals surface area contributed by atoms with Gasteiger partial charge in [0.05, 0.1) is 11.8 Å². The first-order valence-corrected chi connectivity index (χ1v) is 9.85. The summed E-state index contributed by atoms with van der Waals surface area (Å²) in [7, 11) is 1.87. The second-order valence-corrected chi connectivity index (χ2v) is 7.21. The van der Waals surface area contributed by atoms with Crippen LogP contribution in [0.15, 0.2) is 48.7 Å². The largest absolute Gasteiger partial charge is 0.388 e. The van der Waals surface area contributed by atoms with E-state index in [9.17, 15) is 9.90 Å². The maximum Gasteiger partial charge on any atom is 0.319 e. The van der Waals surface area contributed by atoms with Gasteiger partial charge in [0.2, 0.25) is 0 Å². The zero-order chi connectivity index (χ0) is 19.1. The van der Waals surface area contributed by atoms with Crippen LogP contribution in [0.2, 0.25) is 0 Å². The fourth-order valence-corrected chi connectivity index (χ4v) is 3.63. The van der Waals surface area contributed by atoms with Crippen molar-refractivity contribution in [3.8, 4) is 11.3 Å². The molecular weight excluding hydrogens is 338 g/mol. The van der Waals surface area contributed by atoms with Crippen LogP contribution in [-0.2, 0) is 0 Å². The molecule has 2 amide bonds. The first-order chi connectivity index (χ1) is 13.2. The van der Waals surface area contributed by atoms with E-state index in [2.05, 4.69) is 4.98 Å². The Morgan fingerprint density at radius 2 is 1.89 bits per heavy atom. The van der Waals surface area contributed by atoms with Gasteiger partial charge < -0.3 is 14.9 Å². The molecule has 1 aromatic heterocycles. The Balaban J connectivity index is 1.50. The molecule has 3 rings (SSSR count). The van der Waals surface area contributed by atoms with Crippen molar-refractivity contribution in [1.29, 1.82) is 0 Å². The van der Waals surface area contributed by atoms with Crippen molar-refractivity contribution in [2.75, 3.05) is 26.7 Å². The van der Waals surface area contributed by atoms with Crippen LogP contribution in [0.25, 0.3) is 11.3 Å². The predicted octanol–water partition coefficient (Wildman–Crippen LogP) is 4.10. The average Bonchev–Trinajstić information content (AvgIpc) is 3.26. The van der Waals surface area contributed by atoms with Gasteiger partial charge in [-0.05, 0) is 49.8 Å². The van der Waals surface area contributed by atoms with Crippen LogP contribution < -0.4 is 0 Å². The highest BCUT2D eigenvalue weighted by Crippen LogP contribution is 2.29. The van der Waals surface area contributed by atoms with Gasteiger partial charge in [-0.1, -0.05) is 30.3 Å². The summed E-state index contributed by atoms with van der Waals surface area (Å²) in [6.07, 6.45) is 5.90. The third-order valence-corrected chi connectivity index (χ3v) is 5.18. The summed E-state index contributed by atoms with van der Waals surface area (Å²) in [5.41, 5.74) is 2.77. The van der Waals surface area contributed by atoms with Crippen molar-refractivity contribution >= 4 is 6.03 Å². The summed E-state index contributed by atoms with van der Waals surface area (Å²) in [4.78, 5) is 20.4. The number of carbonyl (C=O) groups is 1. The number of aliphatic hydroxyl groups is 1. The zero-order valence-electron chi connectivity index (χ0n) is 16.1. The van der Waals surface area contributed by atoms with Crippen LogP contribution in [-0.4, -0.2) is 52.6 Å². The van der Waals surface area contributed by atoms with E-state index in [0.717, 1.165) is 62.1 Å². The Morgan fingerprint density at radius 3 is 2.63 bits per heavy atom. The Hall–Kier alpha value is -2.40. The summed E-state index contributed by atoms with van der Waals surface area (Å²) < 4.78 is 0. The lowest BCUT2D eigenvalue weighted by molar-refractivity contribution is 0.158. The summed E-state index contributed by atoms with van der Waals surface area (Å²) in [5.74, 6) is 0. The molecule has 5 heteroatoms. The smallest absolute Gasteiger partial charge is 0.319 e. The lowest BCUT2D eigenvalue weighted by atomic mass is 9.96. The molecule has 1 aliphatic rings. The van der Waals surface area contributed by atoms with Gasteiger partial charge in [-0.15, -0.1) is 0 Å². The van der Waals surface area contributed by atoms with Crippen LogP contribution >= 0.6 is 0 Å². The van der Waals surface area contributed by atoms with Gasteiger partial charge in [-0.3, -0.25) is 4.98 Å². The molecule has 144 valence electrons. The molecule has 1 fully saturated rings. The lowest BCUT2D eigenvalue weighted by Gasteiger charge is -2.24. The maximum atomic E-state index is 12.3. The van der Waals surface area contributed by atoms with Crippen LogP contribution in [0.3, 0.4) is 0 Å². The minimum absolute atomic E-state index is 0.133. The number of carbonyl (C=O) groups excluding carboxylic acids is 1. The predicted molar refractivity (Wildman–Crippen MR) is 107 cm³/mol. The van der Waals surface area contributed by atoms with Gasteiger partial charge >= 0.3 is 6.03 Å². The molecule has 0 aliphatic carbocycles. The monoisotopic (exact) mass is 367 g/mol. The topological polar surface area (TPSA) is 56.7 Å². The molecule has 1 atom stereocenters. The second-order valence-electron chi connectivity index (χ2n) is 7.21. The van der Waals surface area contributed by atoms with Crippen molar-refractivity contribution in [3.63, 3.8) is 0 Å². The van der Waals surface area contributed by atoms with Gasteiger partial charge in [0.15, 0.2) is 0 Å². The van der Waals surface area contributed by atoms with Crippen molar-refractivity contribution < 1.29 is 9.90 Å². The van der Waals surface area contributed by atoms with E-state index in [4.69, 9.17) is 0 Å². The van der Waals surface area contributed by atoms with Crippen molar-refractivity contribution in [2.45, 2.75) is 38.2 Å². The number of rotatable bonds is 7. The van der Waals surface area contributed by atoms with Crippen LogP contribution in [0.1, 0.15) is 43.8 Å². The molecule has 27 heavy (non-hydrogen) atoms. The molecule has 5 nitrogen and oxygen atoms in total. The number of benzene rings is 1. The van der Waals surface area contributed by atoms with Crippen molar-refractivity contribution in [1.82, 2.24) is 14.8 Å². The number of aliphatic hydroxyl groups excluding tert-OH is 1.